The highest BCUT2D eigenvalue weighted by Crippen LogP contribution is 2.28. The third-order valence-electron chi connectivity index (χ3n) is 3.37. The molecule has 0 aliphatic heterocycles. The zero-order valence-electron chi connectivity index (χ0n) is 14.3. The molecule has 0 fully saturated rings. The number of rotatable bonds is 6. The summed E-state index contributed by atoms with van der Waals surface area (Å²) in [6.45, 7) is 3.84. The first-order valence-electron chi connectivity index (χ1n) is 7.79. The number of thioether (sulfide) groups is 1. The van der Waals surface area contributed by atoms with E-state index >= 15 is 0 Å². The normalized spacial score (nSPS) is 11.0. The van der Waals surface area contributed by atoms with Crippen LogP contribution in [0.5, 0.6) is 0 Å². The van der Waals surface area contributed by atoms with E-state index in [9.17, 15) is 9.59 Å². The molecule has 0 aliphatic rings. The van der Waals surface area contributed by atoms with Crippen molar-refractivity contribution in [1.82, 2.24) is 14.6 Å². The minimum absolute atomic E-state index is 0.108. The van der Waals surface area contributed by atoms with Crippen molar-refractivity contribution in [2.75, 3.05) is 17.7 Å². The molecule has 0 bridgehead atoms. The number of ether oxygens (including phenoxy) is 1. The molecule has 1 N–H and O–H groups in total. The second-order valence-electron chi connectivity index (χ2n) is 5.36. The quantitative estimate of drug-likeness (QED) is 0.450. The largest absolute Gasteiger partial charge is 0.462 e. The van der Waals surface area contributed by atoms with Crippen LogP contribution in [0.3, 0.4) is 0 Å². The number of carbonyl (C=O) groups excluding carboxylic acids is 2. The Morgan fingerprint density at radius 2 is 2.11 bits per heavy atom. The van der Waals surface area contributed by atoms with Crippen LogP contribution in [0.4, 0.5) is 5.00 Å². The Labute approximate surface area is 173 Å². The van der Waals surface area contributed by atoms with Crippen LogP contribution in [0.2, 0.25) is 10.0 Å². The zero-order valence-corrected chi connectivity index (χ0v) is 17.4. The molecule has 0 radical (unpaired) electrons. The zero-order chi connectivity index (χ0) is 19.6. The van der Waals surface area contributed by atoms with Crippen LogP contribution < -0.4 is 5.32 Å². The van der Waals surface area contributed by atoms with Gasteiger partial charge < -0.3 is 10.1 Å². The van der Waals surface area contributed by atoms with Gasteiger partial charge in [0.25, 0.3) is 0 Å². The molecule has 27 heavy (non-hydrogen) atoms. The van der Waals surface area contributed by atoms with E-state index in [4.69, 9.17) is 27.9 Å². The van der Waals surface area contributed by atoms with Crippen molar-refractivity contribution in [1.29, 1.82) is 0 Å². The summed E-state index contributed by atoms with van der Waals surface area (Å²) >= 11 is 14.5. The summed E-state index contributed by atoms with van der Waals surface area (Å²) in [5.74, 6) is -0.517. The number of hydrogen-bond acceptors (Lipinski definition) is 7. The molecule has 11 heteroatoms. The van der Waals surface area contributed by atoms with Gasteiger partial charge >= 0.3 is 5.97 Å². The number of fused-ring (bicyclic) bond motifs is 1. The average molecular weight is 445 g/mol. The van der Waals surface area contributed by atoms with Crippen LogP contribution in [0, 0.1) is 6.92 Å². The van der Waals surface area contributed by atoms with Gasteiger partial charge in [-0.05, 0) is 31.5 Å². The number of hydrogen-bond donors (Lipinski definition) is 1. The molecule has 3 aromatic rings. The van der Waals surface area contributed by atoms with Gasteiger partial charge in [0.05, 0.1) is 27.4 Å². The van der Waals surface area contributed by atoms with E-state index in [0.717, 1.165) is 5.56 Å². The van der Waals surface area contributed by atoms with Gasteiger partial charge in [-0.3, -0.25) is 9.20 Å². The fraction of sp³-hybridized carbons (Fsp3) is 0.250. The summed E-state index contributed by atoms with van der Waals surface area (Å²) in [6, 6.07) is 3.32. The molecule has 7 nitrogen and oxygen atoms in total. The van der Waals surface area contributed by atoms with Gasteiger partial charge in [0.2, 0.25) is 5.91 Å². The number of anilines is 1. The summed E-state index contributed by atoms with van der Waals surface area (Å²) < 4.78 is 6.63. The lowest BCUT2D eigenvalue weighted by atomic mass is 10.3. The fourth-order valence-electron chi connectivity index (χ4n) is 2.25. The van der Waals surface area contributed by atoms with Crippen LogP contribution >= 0.6 is 46.3 Å². The van der Waals surface area contributed by atoms with Crippen LogP contribution in [-0.2, 0) is 9.53 Å². The lowest BCUT2D eigenvalue weighted by molar-refractivity contribution is -0.113. The second-order valence-corrected chi connectivity index (χ2v) is 8.20. The Hall–Kier alpha value is -1.81. The van der Waals surface area contributed by atoms with Gasteiger partial charge in [-0.2, -0.15) is 0 Å². The predicted octanol–water partition coefficient (Wildman–Crippen LogP) is 4.31. The summed E-state index contributed by atoms with van der Waals surface area (Å²) in [6.07, 6.45) is 1.64. The maximum Gasteiger partial charge on any atom is 0.348 e. The van der Waals surface area contributed by atoms with Crippen molar-refractivity contribution < 1.29 is 14.3 Å². The molecule has 0 saturated carbocycles. The third kappa shape index (κ3) is 4.55. The number of halogens is 2. The van der Waals surface area contributed by atoms with Gasteiger partial charge in [0.1, 0.15) is 4.88 Å². The molecule has 0 saturated heterocycles. The van der Waals surface area contributed by atoms with Crippen molar-refractivity contribution in [2.24, 2.45) is 0 Å². The smallest absolute Gasteiger partial charge is 0.348 e. The molecule has 3 rings (SSSR count). The highest BCUT2D eigenvalue weighted by Gasteiger charge is 2.17. The highest BCUT2D eigenvalue weighted by molar-refractivity contribution is 7.99. The Morgan fingerprint density at radius 3 is 2.85 bits per heavy atom. The Morgan fingerprint density at radius 1 is 1.33 bits per heavy atom. The predicted molar refractivity (Wildman–Crippen MR) is 107 cm³/mol. The van der Waals surface area contributed by atoms with Crippen molar-refractivity contribution in [3.8, 4) is 0 Å². The Kier molecular flexibility index (Phi) is 6.25. The van der Waals surface area contributed by atoms with Gasteiger partial charge in [-0.1, -0.05) is 35.0 Å². The monoisotopic (exact) mass is 444 g/mol. The molecular formula is C16H14Cl2N4O3S2. The SMILES string of the molecule is CCOC(=O)c1sc(NC(=O)CSc2nnc3c(Cl)cc(Cl)cn23)cc1C. The minimum Gasteiger partial charge on any atom is -0.462 e. The molecule has 0 atom stereocenters. The topological polar surface area (TPSA) is 85.6 Å². The first-order chi connectivity index (χ1) is 12.9. The van der Waals surface area contributed by atoms with Crippen molar-refractivity contribution >= 4 is 68.8 Å². The van der Waals surface area contributed by atoms with E-state index in [1.807, 2.05) is 0 Å². The first kappa shape index (κ1) is 19.9. The molecule has 142 valence electrons. The van der Waals surface area contributed by atoms with Gasteiger partial charge in [0, 0.05) is 6.20 Å². The summed E-state index contributed by atoms with van der Waals surface area (Å²) in [7, 11) is 0. The molecule has 3 heterocycles. The molecule has 3 aromatic heterocycles. The molecule has 0 spiro atoms. The number of carbonyl (C=O) groups is 2. The Balaban J connectivity index is 1.66. The van der Waals surface area contributed by atoms with Crippen LogP contribution in [0.15, 0.2) is 23.5 Å². The number of thiophene rings is 1. The second kappa shape index (κ2) is 8.47. The number of amides is 1. The average Bonchev–Trinajstić information content (AvgIpc) is 3.16. The molecule has 0 unspecified atom stereocenters. The minimum atomic E-state index is -0.390. The lowest BCUT2D eigenvalue weighted by Gasteiger charge is -2.03. The highest BCUT2D eigenvalue weighted by atomic mass is 35.5. The molecular weight excluding hydrogens is 431 g/mol. The maximum absolute atomic E-state index is 12.2. The Bertz CT molecular complexity index is 1020. The van der Waals surface area contributed by atoms with E-state index in [-0.39, 0.29) is 11.7 Å². The standard InChI is InChI=1S/C16H14Cl2N4O3S2/c1-3-25-15(24)13-8(2)4-12(27-13)19-11(23)7-26-16-21-20-14-10(18)5-9(17)6-22(14)16/h4-6H,3,7H2,1-2H3,(H,19,23). The number of nitrogens with one attached hydrogen (secondary N) is 1. The summed E-state index contributed by atoms with van der Waals surface area (Å²) in [4.78, 5) is 24.6. The van der Waals surface area contributed by atoms with E-state index in [1.54, 1.807) is 36.6 Å². The van der Waals surface area contributed by atoms with Crippen LogP contribution in [-0.4, -0.2) is 38.8 Å². The molecule has 1 amide bonds. The summed E-state index contributed by atoms with van der Waals surface area (Å²) in [5.41, 5.74) is 1.23. The first-order valence-corrected chi connectivity index (χ1v) is 10.3. The van der Waals surface area contributed by atoms with Crippen molar-refractivity contribution in [3.05, 3.63) is 38.8 Å². The van der Waals surface area contributed by atoms with E-state index < -0.39 is 5.97 Å². The number of pyridine rings is 1. The number of aryl methyl sites for hydroxylation is 1. The number of esters is 1. The van der Waals surface area contributed by atoms with Gasteiger partial charge in [-0.25, -0.2) is 4.79 Å². The van der Waals surface area contributed by atoms with E-state index in [1.165, 1.54) is 23.1 Å². The van der Waals surface area contributed by atoms with E-state index in [0.29, 0.717) is 37.3 Å². The van der Waals surface area contributed by atoms with Crippen LogP contribution in [0.25, 0.3) is 5.65 Å². The van der Waals surface area contributed by atoms with Gasteiger partial charge in [-0.15, -0.1) is 21.5 Å². The molecule has 0 aliphatic carbocycles. The van der Waals surface area contributed by atoms with Crippen LogP contribution in [0.1, 0.15) is 22.2 Å². The lowest BCUT2D eigenvalue weighted by Crippen LogP contribution is -2.13. The number of nitrogens with zero attached hydrogens (tertiary/aromatic N) is 3. The summed E-state index contributed by atoms with van der Waals surface area (Å²) in [5, 5.41) is 12.7. The third-order valence-corrected chi connectivity index (χ3v) is 5.93. The van der Waals surface area contributed by atoms with Crippen molar-refractivity contribution in [3.63, 3.8) is 0 Å². The van der Waals surface area contributed by atoms with Crippen molar-refractivity contribution in [2.45, 2.75) is 19.0 Å². The van der Waals surface area contributed by atoms with Gasteiger partial charge in [0.15, 0.2) is 10.8 Å². The molecule has 0 aromatic carbocycles. The fourth-order valence-corrected chi connectivity index (χ4v) is 4.45. The van der Waals surface area contributed by atoms with E-state index in [2.05, 4.69) is 15.5 Å². The maximum atomic E-state index is 12.2. The number of aromatic nitrogens is 3.